The number of hydrogen-bond acceptors (Lipinski definition) is 3. The van der Waals surface area contributed by atoms with Crippen LogP contribution in [0.5, 0.6) is 0 Å². The van der Waals surface area contributed by atoms with Gasteiger partial charge in [0.25, 0.3) is 0 Å². The van der Waals surface area contributed by atoms with E-state index in [9.17, 15) is 9.90 Å². The number of thiophene rings is 1. The number of nitrogens with zero attached hydrogens (tertiary/aromatic N) is 1. The van der Waals surface area contributed by atoms with Gasteiger partial charge < -0.3 is 5.11 Å². The highest BCUT2D eigenvalue weighted by atomic mass is 32.1. The average molecular weight is 380 g/mol. The molecule has 4 rings (SSSR count). The van der Waals surface area contributed by atoms with E-state index < -0.39 is 12.0 Å². The zero-order valence-electron chi connectivity index (χ0n) is 15.8. The minimum absolute atomic E-state index is 0.0249. The first kappa shape index (κ1) is 18.2. The van der Waals surface area contributed by atoms with Gasteiger partial charge in [0.05, 0.1) is 6.04 Å². The monoisotopic (exact) mass is 379 g/mol. The predicted molar refractivity (Wildman–Crippen MR) is 112 cm³/mol. The van der Waals surface area contributed by atoms with E-state index in [0.717, 1.165) is 25.8 Å². The molecule has 0 bridgehead atoms. The fraction of sp³-hybridized carbons (Fsp3) is 0.348. The lowest BCUT2D eigenvalue weighted by Gasteiger charge is -2.40. The van der Waals surface area contributed by atoms with Gasteiger partial charge in [0.1, 0.15) is 6.04 Å². The fourth-order valence-corrected chi connectivity index (χ4v) is 5.38. The lowest BCUT2D eigenvalue weighted by atomic mass is 9.89. The van der Waals surface area contributed by atoms with E-state index in [1.165, 1.54) is 32.3 Å². The standard InChI is InChI=1S/C23H25NO2S/c1-15-10-11-17(16(2)13-15)22(24-12-6-5-8-20(24)23(25)26)19-14-27-21-9-4-3-7-18(19)21/h3-4,7,9-11,13-14,20,22H,5-6,8,12H2,1-2H3,(H,25,26). The van der Waals surface area contributed by atoms with Crippen molar-refractivity contribution in [2.45, 2.75) is 45.2 Å². The summed E-state index contributed by atoms with van der Waals surface area (Å²) >= 11 is 1.75. The molecule has 1 N–H and O–H groups in total. The summed E-state index contributed by atoms with van der Waals surface area (Å²) in [7, 11) is 0. The molecule has 0 radical (unpaired) electrons. The molecule has 3 nitrogen and oxygen atoms in total. The van der Waals surface area contributed by atoms with Crippen LogP contribution >= 0.6 is 11.3 Å². The third kappa shape index (κ3) is 3.40. The second-order valence-electron chi connectivity index (χ2n) is 7.54. The molecule has 27 heavy (non-hydrogen) atoms. The molecule has 4 heteroatoms. The number of benzene rings is 2. The van der Waals surface area contributed by atoms with Gasteiger partial charge in [-0.1, -0.05) is 48.4 Å². The smallest absolute Gasteiger partial charge is 0.320 e. The number of carbonyl (C=O) groups is 1. The maximum atomic E-state index is 12.0. The highest BCUT2D eigenvalue weighted by Crippen LogP contribution is 2.41. The Kier molecular flexibility index (Phi) is 5.02. The van der Waals surface area contributed by atoms with Crippen LogP contribution in [-0.2, 0) is 4.79 Å². The summed E-state index contributed by atoms with van der Waals surface area (Å²) in [4.78, 5) is 14.3. The average Bonchev–Trinajstić information content (AvgIpc) is 3.08. The summed E-state index contributed by atoms with van der Waals surface area (Å²) < 4.78 is 1.26. The number of fused-ring (bicyclic) bond motifs is 1. The third-order valence-electron chi connectivity index (χ3n) is 5.69. The number of piperidine rings is 1. The molecule has 3 aromatic rings. The van der Waals surface area contributed by atoms with Crippen molar-refractivity contribution in [1.82, 2.24) is 4.90 Å². The Labute approximate surface area is 164 Å². The van der Waals surface area contributed by atoms with Crippen LogP contribution in [0.25, 0.3) is 10.1 Å². The van der Waals surface area contributed by atoms with E-state index in [4.69, 9.17) is 0 Å². The van der Waals surface area contributed by atoms with Gasteiger partial charge in [-0.15, -0.1) is 11.3 Å². The first-order valence-electron chi connectivity index (χ1n) is 9.58. The second kappa shape index (κ2) is 7.45. The van der Waals surface area contributed by atoms with Gasteiger partial charge in [0.15, 0.2) is 0 Å². The molecule has 1 aliphatic rings. The first-order valence-corrected chi connectivity index (χ1v) is 10.5. The van der Waals surface area contributed by atoms with Crippen molar-refractivity contribution in [3.63, 3.8) is 0 Å². The fourth-order valence-electron chi connectivity index (χ4n) is 4.40. The number of aliphatic carboxylic acids is 1. The van der Waals surface area contributed by atoms with Crippen molar-refractivity contribution in [2.24, 2.45) is 0 Å². The SMILES string of the molecule is Cc1ccc(C(c2csc3ccccc23)N2CCCCC2C(=O)O)c(C)c1. The molecule has 1 saturated heterocycles. The normalized spacial score (nSPS) is 19.3. The summed E-state index contributed by atoms with van der Waals surface area (Å²) in [6, 6.07) is 14.5. The van der Waals surface area contributed by atoms with E-state index in [-0.39, 0.29) is 6.04 Å². The number of hydrogen-bond donors (Lipinski definition) is 1. The number of rotatable bonds is 4. The molecule has 140 valence electrons. The van der Waals surface area contributed by atoms with Crippen molar-refractivity contribution in [2.75, 3.05) is 6.54 Å². The highest BCUT2D eigenvalue weighted by molar-refractivity contribution is 7.17. The molecule has 1 fully saturated rings. The van der Waals surface area contributed by atoms with Crippen molar-refractivity contribution in [3.05, 3.63) is 70.1 Å². The Bertz CT molecular complexity index is 977. The molecule has 1 aliphatic heterocycles. The number of carboxylic acid groups (broad SMARTS) is 1. The molecule has 2 heterocycles. The molecule has 2 aromatic carbocycles. The maximum absolute atomic E-state index is 12.0. The van der Waals surface area contributed by atoms with Crippen LogP contribution in [0.1, 0.15) is 47.6 Å². The van der Waals surface area contributed by atoms with Crippen LogP contribution in [0.15, 0.2) is 47.8 Å². The number of carboxylic acids is 1. The van der Waals surface area contributed by atoms with E-state index in [2.05, 4.69) is 66.6 Å². The Morgan fingerprint density at radius 3 is 2.74 bits per heavy atom. The maximum Gasteiger partial charge on any atom is 0.320 e. The summed E-state index contributed by atoms with van der Waals surface area (Å²) in [6.45, 7) is 5.06. The summed E-state index contributed by atoms with van der Waals surface area (Å²) in [5.74, 6) is -0.705. The Balaban J connectivity index is 1.91. The van der Waals surface area contributed by atoms with Crippen molar-refractivity contribution in [3.8, 4) is 0 Å². The van der Waals surface area contributed by atoms with Crippen LogP contribution in [-0.4, -0.2) is 28.6 Å². The van der Waals surface area contributed by atoms with E-state index in [1.54, 1.807) is 11.3 Å². The van der Waals surface area contributed by atoms with Gasteiger partial charge in [0.2, 0.25) is 0 Å². The van der Waals surface area contributed by atoms with Gasteiger partial charge in [0, 0.05) is 4.70 Å². The number of aryl methyl sites for hydroxylation is 2. The predicted octanol–water partition coefficient (Wildman–Crippen LogP) is 5.55. The molecule has 2 unspecified atom stereocenters. The van der Waals surface area contributed by atoms with Crippen LogP contribution in [0, 0.1) is 13.8 Å². The summed E-state index contributed by atoms with van der Waals surface area (Å²) in [5, 5.41) is 13.4. The van der Waals surface area contributed by atoms with Crippen molar-refractivity contribution in [1.29, 1.82) is 0 Å². The van der Waals surface area contributed by atoms with Crippen LogP contribution < -0.4 is 0 Å². The quantitative estimate of drug-likeness (QED) is 0.646. The molecule has 2 atom stereocenters. The lowest BCUT2D eigenvalue weighted by molar-refractivity contribution is -0.145. The first-order chi connectivity index (χ1) is 13.1. The molecule has 0 saturated carbocycles. The number of likely N-dealkylation sites (tertiary alicyclic amines) is 1. The zero-order chi connectivity index (χ0) is 19.0. The van der Waals surface area contributed by atoms with Crippen LogP contribution in [0.4, 0.5) is 0 Å². The molecular weight excluding hydrogens is 354 g/mol. The zero-order valence-corrected chi connectivity index (χ0v) is 16.6. The summed E-state index contributed by atoms with van der Waals surface area (Å²) in [6.07, 6.45) is 2.75. The Morgan fingerprint density at radius 2 is 1.96 bits per heavy atom. The minimum Gasteiger partial charge on any atom is -0.480 e. The highest BCUT2D eigenvalue weighted by Gasteiger charge is 2.36. The van der Waals surface area contributed by atoms with Crippen LogP contribution in [0.3, 0.4) is 0 Å². The summed E-state index contributed by atoms with van der Waals surface area (Å²) in [5.41, 5.74) is 4.91. The Hall–Kier alpha value is -2.17. The molecule has 0 amide bonds. The van der Waals surface area contributed by atoms with Crippen LogP contribution in [0.2, 0.25) is 0 Å². The third-order valence-corrected chi connectivity index (χ3v) is 6.67. The van der Waals surface area contributed by atoms with Gasteiger partial charge in [-0.3, -0.25) is 9.69 Å². The van der Waals surface area contributed by atoms with E-state index in [0.29, 0.717) is 0 Å². The molecule has 0 spiro atoms. The molecule has 0 aliphatic carbocycles. The Morgan fingerprint density at radius 1 is 1.15 bits per heavy atom. The largest absolute Gasteiger partial charge is 0.480 e. The van der Waals surface area contributed by atoms with Gasteiger partial charge >= 0.3 is 5.97 Å². The topological polar surface area (TPSA) is 40.5 Å². The van der Waals surface area contributed by atoms with E-state index >= 15 is 0 Å². The second-order valence-corrected chi connectivity index (χ2v) is 8.45. The minimum atomic E-state index is -0.705. The molecular formula is C23H25NO2S. The van der Waals surface area contributed by atoms with Gasteiger partial charge in [-0.25, -0.2) is 0 Å². The van der Waals surface area contributed by atoms with Crippen molar-refractivity contribution < 1.29 is 9.90 Å². The molecule has 1 aromatic heterocycles. The van der Waals surface area contributed by atoms with Gasteiger partial charge in [-0.05, 0) is 66.8 Å². The van der Waals surface area contributed by atoms with Gasteiger partial charge in [-0.2, -0.15) is 0 Å². The van der Waals surface area contributed by atoms with Crippen molar-refractivity contribution >= 4 is 27.4 Å². The van der Waals surface area contributed by atoms with E-state index in [1.807, 2.05) is 0 Å². The lowest BCUT2D eigenvalue weighted by Crippen LogP contribution is -2.47.